The maximum absolute atomic E-state index is 12.7. The highest BCUT2D eigenvalue weighted by Crippen LogP contribution is 2.32. The third-order valence-corrected chi connectivity index (χ3v) is 3.94. The summed E-state index contributed by atoms with van der Waals surface area (Å²) >= 11 is 0. The second-order valence-corrected chi connectivity index (χ2v) is 5.40. The van der Waals surface area contributed by atoms with Crippen LogP contribution in [0.5, 0.6) is 0 Å². The zero-order valence-electron chi connectivity index (χ0n) is 12.2. The predicted octanol–water partition coefficient (Wildman–Crippen LogP) is 2.40. The van der Waals surface area contributed by atoms with Crippen LogP contribution in [0.4, 0.5) is 5.69 Å². The van der Waals surface area contributed by atoms with Gasteiger partial charge in [0.15, 0.2) is 0 Å². The summed E-state index contributed by atoms with van der Waals surface area (Å²) in [5.41, 5.74) is 2.19. The number of nitrogens with zero attached hydrogens (tertiary/aromatic N) is 3. The highest BCUT2D eigenvalue weighted by atomic mass is 16.1. The monoisotopic (exact) mass is 284 g/mol. The zero-order valence-corrected chi connectivity index (χ0v) is 12.2. The van der Waals surface area contributed by atoms with Crippen molar-refractivity contribution in [3.05, 3.63) is 42.0 Å². The van der Waals surface area contributed by atoms with E-state index in [1.54, 1.807) is 0 Å². The summed E-state index contributed by atoms with van der Waals surface area (Å²) in [6.45, 7) is 3.75. The summed E-state index contributed by atoms with van der Waals surface area (Å²) in [4.78, 5) is 16.9. The molecule has 0 aliphatic carbocycles. The van der Waals surface area contributed by atoms with Crippen molar-refractivity contribution in [3.63, 3.8) is 0 Å². The van der Waals surface area contributed by atoms with Crippen LogP contribution in [-0.2, 0) is 17.8 Å². The van der Waals surface area contributed by atoms with Gasteiger partial charge in [0.25, 0.3) is 0 Å². The SMILES string of the molecule is CCCn1ncnc1CC(=O)C1CCNc2ccccc21. The molecular formula is C16H20N4O. The molecule has 21 heavy (non-hydrogen) atoms. The summed E-state index contributed by atoms with van der Waals surface area (Å²) in [6.07, 6.45) is 3.73. The molecule has 0 fully saturated rings. The van der Waals surface area contributed by atoms with Gasteiger partial charge >= 0.3 is 0 Å². The molecule has 1 aliphatic rings. The van der Waals surface area contributed by atoms with E-state index in [2.05, 4.69) is 22.3 Å². The van der Waals surface area contributed by atoms with Gasteiger partial charge in [-0.1, -0.05) is 25.1 Å². The predicted molar refractivity (Wildman–Crippen MR) is 81.3 cm³/mol. The molecule has 0 bridgehead atoms. The molecule has 0 spiro atoms. The Morgan fingerprint density at radius 2 is 2.29 bits per heavy atom. The Hall–Kier alpha value is -2.17. The normalized spacial score (nSPS) is 17.1. The Morgan fingerprint density at radius 1 is 1.43 bits per heavy atom. The Labute approximate surface area is 124 Å². The van der Waals surface area contributed by atoms with Crippen molar-refractivity contribution < 1.29 is 4.79 Å². The van der Waals surface area contributed by atoms with Crippen LogP contribution in [0.2, 0.25) is 0 Å². The van der Waals surface area contributed by atoms with Crippen LogP contribution >= 0.6 is 0 Å². The van der Waals surface area contributed by atoms with E-state index in [1.807, 2.05) is 28.9 Å². The van der Waals surface area contributed by atoms with Crippen molar-refractivity contribution >= 4 is 11.5 Å². The van der Waals surface area contributed by atoms with Crippen molar-refractivity contribution in [1.82, 2.24) is 14.8 Å². The topological polar surface area (TPSA) is 59.8 Å². The molecule has 1 N–H and O–H groups in total. The van der Waals surface area contributed by atoms with E-state index >= 15 is 0 Å². The first-order valence-electron chi connectivity index (χ1n) is 7.51. The van der Waals surface area contributed by atoms with E-state index in [4.69, 9.17) is 0 Å². The number of aryl methyl sites for hydroxylation is 1. The van der Waals surface area contributed by atoms with Crippen LogP contribution in [-0.4, -0.2) is 27.1 Å². The van der Waals surface area contributed by atoms with Crippen LogP contribution in [0.25, 0.3) is 0 Å². The third-order valence-electron chi connectivity index (χ3n) is 3.94. The minimum absolute atomic E-state index is 0.0331. The third kappa shape index (κ3) is 2.82. The second-order valence-electron chi connectivity index (χ2n) is 5.40. The molecule has 5 nitrogen and oxygen atoms in total. The molecule has 1 unspecified atom stereocenters. The first-order chi connectivity index (χ1) is 10.3. The second kappa shape index (κ2) is 6.08. The summed E-state index contributed by atoms with van der Waals surface area (Å²) in [6, 6.07) is 8.07. The van der Waals surface area contributed by atoms with Crippen LogP contribution < -0.4 is 5.32 Å². The number of hydrogen-bond donors (Lipinski definition) is 1. The number of para-hydroxylation sites is 1. The Bertz CT molecular complexity index is 635. The van der Waals surface area contributed by atoms with Gasteiger partial charge in [0.2, 0.25) is 0 Å². The van der Waals surface area contributed by atoms with Crippen molar-refractivity contribution in [2.45, 2.75) is 38.6 Å². The van der Waals surface area contributed by atoms with Crippen molar-refractivity contribution in [1.29, 1.82) is 0 Å². The smallest absolute Gasteiger partial charge is 0.148 e. The zero-order chi connectivity index (χ0) is 14.7. The standard InChI is InChI=1S/C16H20N4O/c1-2-9-20-16(18-11-19-20)10-15(21)13-7-8-17-14-6-4-3-5-12(13)14/h3-6,11,13,17H,2,7-10H2,1H3. The number of carbonyl (C=O) groups excluding carboxylic acids is 1. The van der Waals surface area contributed by atoms with Crippen molar-refractivity contribution in [3.8, 4) is 0 Å². The van der Waals surface area contributed by atoms with Crippen LogP contribution in [0.1, 0.15) is 37.1 Å². The van der Waals surface area contributed by atoms with Gasteiger partial charge in [-0.15, -0.1) is 0 Å². The molecule has 0 amide bonds. The van der Waals surface area contributed by atoms with Gasteiger partial charge in [-0.2, -0.15) is 5.10 Å². The molecule has 0 saturated carbocycles. The lowest BCUT2D eigenvalue weighted by Crippen LogP contribution is -2.25. The fourth-order valence-electron chi connectivity index (χ4n) is 2.91. The van der Waals surface area contributed by atoms with E-state index in [0.29, 0.717) is 6.42 Å². The summed E-state index contributed by atoms with van der Waals surface area (Å²) < 4.78 is 1.84. The maximum atomic E-state index is 12.7. The summed E-state index contributed by atoms with van der Waals surface area (Å²) in [5, 5.41) is 7.54. The van der Waals surface area contributed by atoms with E-state index < -0.39 is 0 Å². The number of Topliss-reactive ketones (excluding diaryl/α,β-unsaturated/α-hetero) is 1. The van der Waals surface area contributed by atoms with E-state index in [0.717, 1.165) is 43.0 Å². The molecule has 0 saturated heterocycles. The molecule has 1 aromatic heterocycles. The Morgan fingerprint density at radius 3 is 3.14 bits per heavy atom. The highest BCUT2D eigenvalue weighted by molar-refractivity contribution is 5.89. The molecule has 1 aromatic carbocycles. The van der Waals surface area contributed by atoms with Crippen molar-refractivity contribution in [2.75, 3.05) is 11.9 Å². The first-order valence-corrected chi connectivity index (χ1v) is 7.51. The Balaban J connectivity index is 1.79. The van der Waals surface area contributed by atoms with Gasteiger partial charge in [0, 0.05) is 24.7 Å². The summed E-state index contributed by atoms with van der Waals surface area (Å²) in [5.74, 6) is 0.974. The average molecular weight is 284 g/mol. The van der Waals surface area contributed by atoms with Crippen molar-refractivity contribution in [2.24, 2.45) is 0 Å². The minimum Gasteiger partial charge on any atom is -0.385 e. The fourth-order valence-corrected chi connectivity index (χ4v) is 2.91. The lowest BCUT2D eigenvalue weighted by atomic mass is 9.86. The molecule has 110 valence electrons. The van der Waals surface area contributed by atoms with E-state index in [1.165, 1.54) is 6.33 Å². The van der Waals surface area contributed by atoms with Gasteiger partial charge in [0.1, 0.15) is 17.9 Å². The van der Waals surface area contributed by atoms with Gasteiger partial charge < -0.3 is 5.32 Å². The first kappa shape index (κ1) is 13.8. The average Bonchev–Trinajstić information content (AvgIpc) is 2.94. The molecule has 1 aliphatic heterocycles. The number of nitrogens with one attached hydrogen (secondary N) is 1. The van der Waals surface area contributed by atoms with Crippen LogP contribution in [0, 0.1) is 0 Å². The van der Waals surface area contributed by atoms with Crippen LogP contribution in [0.15, 0.2) is 30.6 Å². The number of carbonyl (C=O) groups is 1. The quantitative estimate of drug-likeness (QED) is 0.916. The summed E-state index contributed by atoms with van der Waals surface area (Å²) in [7, 11) is 0. The maximum Gasteiger partial charge on any atom is 0.148 e. The molecule has 1 atom stereocenters. The molecule has 2 aromatic rings. The minimum atomic E-state index is -0.0331. The lowest BCUT2D eigenvalue weighted by molar-refractivity contribution is -0.120. The lowest BCUT2D eigenvalue weighted by Gasteiger charge is -2.25. The largest absolute Gasteiger partial charge is 0.385 e. The number of rotatable bonds is 5. The van der Waals surface area contributed by atoms with Gasteiger partial charge in [-0.3, -0.25) is 4.79 Å². The number of hydrogen-bond acceptors (Lipinski definition) is 4. The number of aromatic nitrogens is 3. The fraction of sp³-hybridized carbons (Fsp3) is 0.438. The van der Waals surface area contributed by atoms with E-state index in [-0.39, 0.29) is 11.7 Å². The van der Waals surface area contributed by atoms with Gasteiger partial charge in [0.05, 0.1) is 6.42 Å². The van der Waals surface area contributed by atoms with Gasteiger partial charge in [-0.05, 0) is 24.5 Å². The van der Waals surface area contributed by atoms with Gasteiger partial charge in [-0.25, -0.2) is 9.67 Å². The number of benzene rings is 1. The molecule has 2 heterocycles. The Kier molecular flexibility index (Phi) is 3.99. The van der Waals surface area contributed by atoms with E-state index in [9.17, 15) is 4.79 Å². The number of fused-ring (bicyclic) bond motifs is 1. The van der Waals surface area contributed by atoms with Crippen LogP contribution in [0.3, 0.4) is 0 Å². The number of anilines is 1. The molecular weight excluding hydrogens is 264 g/mol. The molecule has 5 heteroatoms. The number of ketones is 1. The molecule has 0 radical (unpaired) electrons. The highest BCUT2D eigenvalue weighted by Gasteiger charge is 2.27. The molecule has 3 rings (SSSR count).